The topological polar surface area (TPSA) is 57.5 Å². The summed E-state index contributed by atoms with van der Waals surface area (Å²) in [6, 6.07) is 7.09. The predicted octanol–water partition coefficient (Wildman–Crippen LogP) is 6.57. The number of carbonyl (C=O) groups excluding carboxylic acids is 1. The molecule has 0 aliphatic heterocycles. The van der Waals surface area contributed by atoms with Crippen LogP contribution in [0.5, 0.6) is 0 Å². The molecule has 0 radical (unpaired) electrons. The summed E-state index contributed by atoms with van der Waals surface area (Å²) in [5, 5.41) is 21.4. The highest BCUT2D eigenvalue weighted by Gasteiger charge is 2.79. The van der Waals surface area contributed by atoms with E-state index in [4.69, 9.17) is 0 Å². The van der Waals surface area contributed by atoms with E-state index in [1.165, 1.54) is 6.92 Å². The molecule has 4 aliphatic carbocycles. The van der Waals surface area contributed by atoms with Gasteiger partial charge in [0.15, 0.2) is 5.78 Å². The van der Waals surface area contributed by atoms with Crippen LogP contribution in [0.1, 0.15) is 81.9 Å². The van der Waals surface area contributed by atoms with Crippen LogP contribution >= 0.6 is 0 Å². The fourth-order valence-corrected chi connectivity index (χ4v) is 7.75. The molecule has 6 atom stereocenters. The summed E-state index contributed by atoms with van der Waals surface area (Å²) in [6.07, 6.45) is -3.64. The number of carbonyl (C=O) groups is 1. The molecule has 4 aliphatic rings. The molecule has 0 saturated heterocycles. The molecule has 196 valence electrons. The zero-order valence-corrected chi connectivity index (χ0v) is 20.3. The first-order chi connectivity index (χ1) is 16.7. The van der Waals surface area contributed by atoms with E-state index in [0.29, 0.717) is 31.2 Å². The Balaban J connectivity index is 1.71. The Morgan fingerprint density at radius 3 is 2.47 bits per heavy atom. The van der Waals surface area contributed by atoms with Crippen LogP contribution in [-0.2, 0) is 4.79 Å². The molecule has 0 spiro atoms. The minimum atomic E-state index is -5.87. The summed E-state index contributed by atoms with van der Waals surface area (Å²) in [5.41, 5.74) is -0.580. The van der Waals surface area contributed by atoms with Gasteiger partial charge in [-0.2, -0.15) is 22.0 Å². The zero-order valence-electron chi connectivity index (χ0n) is 20.3. The van der Waals surface area contributed by atoms with Gasteiger partial charge in [-0.15, -0.1) is 0 Å². The van der Waals surface area contributed by atoms with Gasteiger partial charge in [0.05, 0.1) is 6.10 Å². The van der Waals surface area contributed by atoms with Crippen LogP contribution in [0.25, 0.3) is 0 Å². The highest BCUT2D eigenvalue weighted by Crippen LogP contribution is 2.70. The molecule has 1 aromatic rings. The number of hydrogen-bond donors (Lipinski definition) is 2. The average molecular weight is 511 g/mol. The van der Waals surface area contributed by atoms with Gasteiger partial charge < -0.3 is 10.2 Å². The van der Waals surface area contributed by atoms with Gasteiger partial charge in [-0.3, -0.25) is 4.79 Å². The predicted molar refractivity (Wildman–Crippen MR) is 123 cm³/mol. The maximum absolute atomic E-state index is 15.0. The van der Waals surface area contributed by atoms with Crippen molar-refractivity contribution >= 4 is 5.78 Å². The number of aliphatic hydroxyl groups excluding tert-OH is 1. The first kappa shape index (κ1) is 25.6. The molecule has 3 unspecified atom stereocenters. The maximum atomic E-state index is 15.0. The van der Waals surface area contributed by atoms with Crippen molar-refractivity contribution in [2.45, 2.75) is 88.5 Å². The van der Waals surface area contributed by atoms with Gasteiger partial charge in [0.1, 0.15) is 5.60 Å². The van der Waals surface area contributed by atoms with Crippen molar-refractivity contribution < 1.29 is 37.0 Å². The third-order valence-electron chi connectivity index (χ3n) is 9.56. The third kappa shape index (κ3) is 3.46. The number of fused-ring (bicyclic) bond motifs is 4. The molecule has 0 bridgehead atoms. The van der Waals surface area contributed by atoms with Gasteiger partial charge in [-0.25, -0.2) is 0 Å². The second-order valence-corrected chi connectivity index (χ2v) is 11.3. The van der Waals surface area contributed by atoms with Crippen LogP contribution in [0, 0.1) is 17.3 Å². The van der Waals surface area contributed by atoms with Crippen molar-refractivity contribution in [2.75, 3.05) is 0 Å². The third-order valence-corrected chi connectivity index (χ3v) is 9.56. The molecule has 5 rings (SSSR count). The first-order valence-corrected chi connectivity index (χ1v) is 12.6. The zero-order chi connectivity index (χ0) is 26.3. The molecule has 1 aromatic carbocycles. The quantitative estimate of drug-likeness (QED) is 0.453. The van der Waals surface area contributed by atoms with E-state index in [1.807, 2.05) is 6.07 Å². The van der Waals surface area contributed by atoms with Crippen molar-refractivity contribution in [3.63, 3.8) is 0 Å². The van der Waals surface area contributed by atoms with E-state index in [9.17, 15) is 28.2 Å². The summed E-state index contributed by atoms with van der Waals surface area (Å²) in [6.45, 7) is 3.02. The van der Waals surface area contributed by atoms with Crippen LogP contribution in [0.15, 0.2) is 47.1 Å². The Bertz CT molecular complexity index is 1150. The van der Waals surface area contributed by atoms with E-state index in [2.05, 4.69) is 0 Å². The Morgan fingerprint density at radius 1 is 1.08 bits per heavy atom. The summed E-state index contributed by atoms with van der Waals surface area (Å²) >= 11 is 0. The lowest BCUT2D eigenvalue weighted by Crippen LogP contribution is -2.65. The van der Waals surface area contributed by atoms with E-state index < -0.39 is 47.5 Å². The Labute approximate surface area is 207 Å². The van der Waals surface area contributed by atoms with Gasteiger partial charge >= 0.3 is 12.1 Å². The average Bonchev–Trinajstić information content (AvgIpc) is 3.09. The maximum Gasteiger partial charge on any atom is 0.456 e. The molecule has 2 fully saturated rings. The number of rotatable bonds is 3. The fourth-order valence-electron chi connectivity index (χ4n) is 7.75. The smallest absolute Gasteiger partial charge is 0.389 e. The monoisotopic (exact) mass is 510 g/mol. The number of halogens is 5. The van der Waals surface area contributed by atoms with E-state index in [0.717, 1.165) is 22.3 Å². The van der Waals surface area contributed by atoms with Crippen LogP contribution in [0.3, 0.4) is 0 Å². The summed E-state index contributed by atoms with van der Waals surface area (Å²) in [7, 11) is 0. The van der Waals surface area contributed by atoms with Gasteiger partial charge in [0, 0.05) is 17.8 Å². The van der Waals surface area contributed by atoms with E-state index in [1.54, 1.807) is 31.2 Å². The molecule has 2 saturated carbocycles. The molecule has 0 amide bonds. The van der Waals surface area contributed by atoms with Crippen molar-refractivity contribution in [1.82, 2.24) is 0 Å². The summed E-state index contributed by atoms with van der Waals surface area (Å²) < 4.78 is 70.9. The number of alkyl halides is 5. The van der Waals surface area contributed by atoms with Crippen LogP contribution in [-0.4, -0.2) is 33.7 Å². The molecule has 0 aromatic heterocycles. The van der Waals surface area contributed by atoms with Crippen LogP contribution < -0.4 is 0 Å². The second-order valence-electron chi connectivity index (χ2n) is 11.3. The Morgan fingerprint density at radius 2 is 1.81 bits per heavy atom. The normalized spacial score (nSPS) is 35.6. The molecule has 0 heterocycles. The summed E-state index contributed by atoms with van der Waals surface area (Å²) in [4.78, 5) is 12.1. The van der Waals surface area contributed by atoms with Crippen molar-refractivity contribution in [2.24, 2.45) is 17.3 Å². The standard InChI is InChI=1S/C28H31F5O3/c1-15(34)16-4-3-5-17(12-16)22-14-25(2)23(10-11-26(25,36)27(29,30)28(31,32)33)21-8-6-18-13-19(35)7-9-20(18)24(21)22/h3-5,12-13,15,21-23,34,36H,6-11,14H2,1-2H3/t15?,21?,22-,23?,25+,26+/m1/s1. The van der Waals surface area contributed by atoms with Crippen molar-refractivity contribution in [1.29, 1.82) is 0 Å². The Hall–Kier alpha value is -2.06. The molecular weight excluding hydrogens is 479 g/mol. The minimum absolute atomic E-state index is 0.0427. The first-order valence-electron chi connectivity index (χ1n) is 12.6. The van der Waals surface area contributed by atoms with Crippen molar-refractivity contribution in [3.05, 3.63) is 58.2 Å². The summed E-state index contributed by atoms with van der Waals surface area (Å²) in [5.74, 6) is -6.51. The van der Waals surface area contributed by atoms with Crippen LogP contribution in [0.4, 0.5) is 22.0 Å². The van der Waals surface area contributed by atoms with Crippen molar-refractivity contribution in [3.8, 4) is 0 Å². The number of ketones is 1. The van der Waals surface area contributed by atoms with Gasteiger partial charge in [-0.1, -0.05) is 36.8 Å². The molecule has 8 heteroatoms. The number of aliphatic hydroxyl groups is 2. The lowest BCUT2D eigenvalue weighted by molar-refractivity contribution is -0.362. The fraction of sp³-hybridized carbons (Fsp3) is 0.607. The number of allylic oxidation sites excluding steroid dienone is 4. The molecule has 36 heavy (non-hydrogen) atoms. The number of hydrogen-bond acceptors (Lipinski definition) is 3. The van der Waals surface area contributed by atoms with Gasteiger partial charge in [-0.05, 0) is 85.6 Å². The van der Waals surface area contributed by atoms with Gasteiger partial charge in [0.2, 0.25) is 0 Å². The van der Waals surface area contributed by atoms with E-state index in [-0.39, 0.29) is 24.5 Å². The van der Waals surface area contributed by atoms with Crippen LogP contribution in [0.2, 0.25) is 0 Å². The number of benzene rings is 1. The lowest BCUT2D eigenvalue weighted by Gasteiger charge is -2.56. The minimum Gasteiger partial charge on any atom is -0.389 e. The SMILES string of the molecule is CC(O)c1cccc([C@H]2C[C@@]3(C)C(CC[C@@]3(O)C(F)(F)C(F)(F)F)C3CCC4=CC(=O)CCC4=C32)c1. The highest BCUT2D eigenvalue weighted by molar-refractivity contribution is 5.93. The van der Waals surface area contributed by atoms with Gasteiger partial charge in [0.25, 0.3) is 0 Å². The van der Waals surface area contributed by atoms with E-state index >= 15 is 8.78 Å². The second kappa shape index (κ2) is 8.22. The molecule has 2 N–H and O–H groups in total. The molecular formula is C28H31F5O3. The molecule has 3 nitrogen and oxygen atoms in total. The highest BCUT2D eigenvalue weighted by atomic mass is 19.4. The Kier molecular flexibility index (Phi) is 5.84. The largest absolute Gasteiger partial charge is 0.456 e. The lowest BCUT2D eigenvalue weighted by atomic mass is 9.50.